The first kappa shape index (κ1) is 16.3. The maximum Gasteiger partial charge on any atom is 0.0704 e. The molecule has 0 saturated heterocycles. The van der Waals surface area contributed by atoms with Gasteiger partial charge in [-0.15, -0.1) is 0 Å². The van der Waals surface area contributed by atoms with E-state index >= 15 is 0 Å². The van der Waals surface area contributed by atoms with Crippen LogP contribution < -0.4 is 0 Å². The van der Waals surface area contributed by atoms with Gasteiger partial charge in [-0.05, 0) is 59.4 Å². The van der Waals surface area contributed by atoms with E-state index in [0.29, 0.717) is 0 Å². The highest BCUT2D eigenvalue weighted by molar-refractivity contribution is 5.80. The van der Waals surface area contributed by atoms with Gasteiger partial charge in [0.25, 0.3) is 0 Å². The van der Waals surface area contributed by atoms with E-state index in [1.165, 1.54) is 38.9 Å². The van der Waals surface area contributed by atoms with Crippen molar-refractivity contribution in [3.05, 3.63) is 102 Å². The van der Waals surface area contributed by atoms with Crippen molar-refractivity contribution in [3.63, 3.8) is 0 Å². The van der Waals surface area contributed by atoms with Crippen molar-refractivity contribution in [2.75, 3.05) is 0 Å². The number of hydrogen-bond acceptors (Lipinski definition) is 1. The van der Waals surface area contributed by atoms with Gasteiger partial charge in [-0.2, -0.15) is 0 Å². The smallest absolute Gasteiger partial charge is 0.0704 e. The number of nitrogens with zero attached hydrogens (tertiary/aromatic N) is 1. The third-order valence-corrected chi connectivity index (χ3v) is 4.89. The summed E-state index contributed by atoms with van der Waals surface area (Å²) in [4.78, 5) is 4.53. The van der Waals surface area contributed by atoms with Crippen LogP contribution in [0, 0.1) is 13.8 Å². The molecule has 0 unspecified atom stereocenters. The Bertz CT molecular complexity index is 1020. The van der Waals surface area contributed by atoms with Crippen LogP contribution in [0.25, 0.3) is 33.5 Å². The molecule has 126 valence electrons. The van der Waals surface area contributed by atoms with Crippen LogP contribution in [0.4, 0.5) is 0 Å². The zero-order valence-corrected chi connectivity index (χ0v) is 15.1. The van der Waals surface area contributed by atoms with E-state index in [4.69, 9.17) is 0 Å². The molecule has 26 heavy (non-hydrogen) atoms. The lowest BCUT2D eigenvalue weighted by molar-refractivity contribution is 1.29. The molecule has 0 spiro atoms. The molecule has 0 radical (unpaired) electrons. The predicted octanol–water partition coefficient (Wildman–Crippen LogP) is 6.70. The summed E-state index contributed by atoms with van der Waals surface area (Å²) >= 11 is 0. The largest absolute Gasteiger partial charge is 0.256 e. The number of rotatable bonds is 3. The van der Waals surface area contributed by atoms with Gasteiger partial charge >= 0.3 is 0 Å². The van der Waals surface area contributed by atoms with E-state index in [-0.39, 0.29) is 0 Å². The minimum atomic E-state index is 1.02. The molecule has 3 aromatic carbocycles. The summed E-state index contributed by atoms with van der Waals surface area (Å²) in [5, 5.41) is 0. The van der Waals surface area contributed by atoms with Crippen LogP contribution in [0.2, 0.25) is 0 Å². The predicted molar refractivity (Wildman–Crippen MR) is 110 cm³/mol. The van der Waals surface area contributed by atoms with Crippen molar-refractivity contribution in [2.45, 2.75) is 13.8 Å². The summed E-state index contributed by atoms with van der Waals surface area (Å²) in [5.41, 5.74) is 9.81. The van der Waals surface area contributed by atoms with Crippen molar-refractivity contribution in [1.82, 2.24) is 4.98 Å². The maximum absolute atomic E-state index is 4.53. The summed E-state index contributed by atoms with van der Waals surface area (Å²) in [6.07, 6.45) is 1.85. The number of benzene rings is 3. The molecule has 4 rings (SSSR count). The zero-order chi connectivity index (χ0) is 17.9. The molecule has 0 amide bonds. The first-order chi connectivity index (χ1) is 12.7. The normalized spacial score (nSPS) is 10.7. The highest BCUT2D eigenvalue weighted by Gasteiger charge is 2.12. The molecule has 0 fully saturated rings. The summed E-state index contributed by atoms with van der Waals surface area (Å²) in [7, 11) is 0. The molecule has 1 heteroatoms. The second kappa shape index (κ2) is 6.97. The molecular formula is C25H21N. The lowest BCUT2D eigenvalue weighted by Gasteiger charge is -2.15. The third kappa shape index (κ3) is 3.04. The molecule has 0 bridgehead atoms. The van der Waals surface area contributed by atoms with Gasteiger partial charge in [0, 0.05) is 11.8 Å². The second-order valence-electron chi connectivity index (χ2n) is 6.59. The molecule has 0 aliphatic heterocycles. The Hall–Kier alpha value is -3.19. The van der Waals surface area contributed by atoms with E-state index in [1.54, 1.807) is 0 Å². The molecule has 4 aromatic rings. The SMILES string of the molecule is Cc1ccc(-c2ccccn2)c(C)c1-c1ccc(-c2ccccc2)cc1. The third-order valence-electron chi connectivity index (χ3n) is 4.89. The average Bonchev–Trinajstić information content (AvgIpc) is 2.70. The molecule has 1 nitrogen and oxygen atoms in total. The average molecular weight is 335 g/mol. The number of pyridine rings is 1. The molecule has 1 heterocycles. The zero-order valence-electron chi connectivity index (χ0n) is 15.1. The Labute approximate surface area is 155 Å². The number of hydrogen-bond donors (Lipinski definition) is 0. The van der Waals surface area contributed by atoms with Gasteiger partial charge in [0.15, 0.2) is 0 Å². The van der Waals surface area contributed by atoms with Crippen molar-refractivity contribution in [3.8, 4) is 33.5 Å². The van der Waals surface area contributed by atoms with Gasteiger partial charge in [-0.3, -0.25) is 4.98 Å². The fraction of sp³-hybridized carbons (Fsp3) is 0.0800. The Morgan fingerprint density at radius 3 is 1.92 bits per heavy atom. The molecule has 0 aliphatic carbocycles. The van der Waals surface area contributed by atoms with Crippen molar-refractivity contribution < 1.29 is 0 Å². The Kier molecular flexibility index (Phi) is 4.37. The van der Waals surface area contributed by atoms with Crippen LogP contribution in [0.3, 0.4) is 0 Å². The fourth-order valence-corrected chi connectivity index (χ4v) is 3.55. The minimum absolute atomic E-state index is 1.02. The van der Waals surface area contributed by atoms with Crippen LogP contribution in [-0.2, 0) is 0 Å². The maximum atomic E-state index is 4.53. The molecular weight excluding hydrogens is 314 g/mol. The van der Waals surface area contributed by atoms with Crippen molar-refractivity contribution in [1.29, 1.82) is 0 Å². The van der Waals surface area contributed by atoms with E-state index in [9.17, 15) is 0 Å². The van der Waals surface area contributed by atoms with E-state index in [0.717, 1.165) is 5.69 Å². The van der Waals surface area contributed by atoms with Gasteiger partial charge in [0.1, 0.15) is 0 Å². The minimum Gasteiger partial charge on any atom is -0.256 e. The first-order valence-corrected chi connectivity index (χ1v) is 8.91. The Morgan fingerprint density at radius 1 is 0.577 bits per heavy atom. The van der Waals surface area contributed by atoms with Crippen LogP contribution in [0.5, 0.6) is 0 Å². The lowest BCUT2D eigenvalue weighted by atomic mass is 9.90. The van der Waals surface area contributed by atoms with Crippen LogP contribution >= 0.6 is 0 Å². The van der Waals surface area contributed by atoms with Gasteiger partial charge in [-0.1, -0.05) is 72.8 Å². The molecule has 0 N–H and O–H groups in total. The summed E-state index contributed by atoms with van der Waals surface area (Å²) in [6, 6.07) is 29.8. The first-order valence-electron chi connectivity index (χ1n) is 8.91. The fourth-order valence-electron chi connectivity index (χ4n) is 3.55. The highest BCUT2D eigenvalue weighted by Crippen LogP contribution is 2.34. The monoisotopic (exact) mass is 335 g/mol. The van der Waals surface area contributed by atoms with Gasteiger partial charge in [0.05, 0.1) is 5.69 Å². The quantitative estimate of drug-likeness (QED) is 0.406. The topological polar surface area (TPSA) is 12.9 Å². The van der Waals surface area contributed by atoms with Crippen LogP contribution in [0.15, 0.2) is 91.1 Å². The van der Waals surface area contributed by atoms with Crippen molar-refractivity contribution in [2.24, 2.45) is 0 Å². The summed E-state index contributed by atoms with van der Waals surface area (Å²) < 4.78 is 0. The van der Waals surface area contributed by atoms with Gasteiger partial charge in [-0.25, -0.2) is 0 Å². The second-order valence-corrected chi connectivity index (χ2v) is 6.59. The van der Waals surface area contributed by atoms with E-state index in [1.807, 2.05) is 24.4 Å². The molecule has 0 saturated carbocycles. The summed E-state index contributed by atoms with van der Waals surface area (Å²) in [6.45, 7) is 4.37. The van der Waals surface area contributed by atoms with Gasteiger partial charge < -0.3 is 0 Å². The standard InChI is InChI=1S/C25H21N/c1-18-11-16-23(24-10-6-7-17-26-24)19(2)25(18)22-14-12-21(13-15-22)20-8-4-3-5-9-20/h3-17H,1-2H3. The highest BCUT2D eigenvalue weighted by atomic mass is 14.7. The molecule has 0 atom stereocenters. The number of aryl methyl sites for hydroxylation is 1. The Balaban J connectivity index is 1.78. The summed E-state index contributed by atoms with van der Waals surface area (Å²) in [5.74, 6) is 0. The Morgan fingerprint density at radius 2 is 1.23 bits per heavy atom. The van der Waals surface area contributed by atoms with Crippen LogP contribution in [0.1, 0.15) is 11.1 Å². The van der Waals surface area contributed by atoms with Gasteiger partial charge in [0.2, 0.25) is 0 Å². The molecule has 1 aromatic heterocycles. The van der Waals surface area contributed by atoms with Crippen LogP contribution in [-0.4, -0.2) is 4.98 Å². The van der Waals surface area contributed by atoms with E-state index < -0.39 is 0 Å². The number of aromatic nitrogens is 1. The molecule has 0 aliphatic rings. The van der Waals surface area contributed by atoms with Crippen molar-refractivity contribution >= 4 is 0 Å². The lowest BCUT2D eigenvalue weighted by Crippen LogP contribution is -1.93. The van der Waals surface area contributed by atoms with E-state index in [2.05, 4.69) is 85.6 Å².